The lowest BCUT2D eigenvalue weighted by Gasteiger charge is -2.08. The first-order chi connectivity index (χ1) is 12.3. The molecule has 1 aliphatic carbocycles. The maximum atomic E-state index is 2.29. The summed E-state index contributed by atoms with van der Waals surface area (Å²) in [5.41, 5.74) is 0. The highest BCUT2D eigenvalue weighted by molar-refractivity contribution is 4.51. The second kappa shape index (κ2) is 24.9. The predicted molar refractivity (Wildman–Crippen MR) is 119 cm³/mol. The molecule has 0 N–H and O–H groups in total. The quantitative estimate of drug-likeness (QED) is 0.260. The van der Waals surface area contributed by atoms with Crippen molar-refractivity contribution in [3.8, 4) is 0 Å². The first kappa shape index (κ1) is 28.1. The molecule has 0 saturated heterocycles. The Hall–Kier alpha value is -0.110. The SMILES string of the molecule is C1CCCCC1.CCCCCCCCCCCCCCCCN(C)C.F. The summed E-state index contributed by atoms with van der Waals surface area (Å²) in [4.78, 5) is 2.29. The smallest absolute Gasteiger partial charge is 0.00248 e. The number of hydrogen-bond acceptors (Lipinski definition) is 1. The van der Waals surface area contributed by atoms with Crippen molar-refractivity contribution in [1.82, 2.24) is 4.90 Å². The van der Waals surface area contributed by atoms with Crippen molar-refractivity contribution >= 4 is 0 Å². The Morgan fingerprint density at radius 2 is 0.731 bits per heavy atom. The van der Waals surface area contributed by atoms with Gasteiger partial charge in [-0.05, 0) is 27.1 Å². The highest BCUT2D eigenvalue weighted by Gasteiger charge is 1.96. The standard InChI is InChI=1S/C18H39N.C6H12.FH/c1-4-5-6-7-8-9-10-11-12-13-14-15-16-17-18-19(2)3;1-2-4-6-5-3-1;/h4-18H2,1-3H3;1-6H2;1H. The van der Waals surface area contributed by atoms with E-state index in [4.69, 9.17) is 0 Å². The molecule has 1 rings (SSSR count). The molecule has 0 aliphatic heterocycles. The van der Waals surface area contributed by atoms with Gasteiger partial charge < -0.3 is 4.90 Å². The van der Waals surface area contributed by atoms with Gasteiger partial charge in [-0.25, -0.2) is 0 Å². The molecule has 0 aromatic rings. The summed E-state index contributed by atoms with van der Waals surface area (Å²) in [5.74, 6) is 0. The molecule has 0 aromatic heterocycles. The van der Waals surface area contributed by atoms with E-state index in [0.717, 1.165) is 0 Å². The molecule has 1 fully saturated rings. The van der Waals surface area contributed by atoms with Gasteiger partial charge in [-0.15, -0.1) is 0 Å². The van der Waals surface area contributed by atoms with Crippen LogP contribution in [0, 0.1) is 0 Å². The van der Waals surface area contributed by atoms with Gasteiger partial charge >= 0.3 is 0 Å². The average Bonchev–Trinajstić information content (AvgIpc) is 2.64. The van der Waals surface area contributed by atoms with Crippen molar-refractivity contribution < 1.29 is 4.70 Å². The van der Waals surface area contributed by atoms with Gasteiger partial charge in [-0.2, -0.15) is 0 Å². The lowest BCUT2D eigenvalue weighted by Crippen LogP contribution is -2.12. The Labute approximate surface area is 166 Å². The van der Waals surface area contributed by atoms with E-state index in [1.807, 2.05) is 0 Å². The Morgan fingerprint density at radius 3 is 1.00 bits per heavy atom. The third-order valence-corrected chi connectivity index (χ3v) is 5.46. The van der Waals surface area contributed by atoms with Gasteiger partial charge in [0.15, 0.2) is 0 Å². The van der Waals surface area contributed by atoms with Gasteiger partial charge in [0.05, 0.1) is 0 Å². The largest absolute Gasteiger partial charge is 0.309 e. The van der Waals surface area contributed by atoms with Gasteiger partial charge in [0.1, 0.15) is 0 Å². The fourth-order valence-electron chi connectivity index (χ4n) is 3.68. The molecule has 160 valence electrons. The number of hydrogen-bond donors (Lipinski definition) is 0. The van der Waals surface area contributed by atoms with Gasteiger partial charge in [0.25, 0.3) is 0 Å². The maximum absolute atomic E-state index is 2.29. The van der Waals surface area contributed by atoms with E-state index >= 15 is 0 Å². The number of halogens is 1. The van der Waals surface area contributed by atoms with Crippen LogP contribution < -0.4 is 0 Å². The van der Waals surface area contributed by atoms with E-state index in [1.165, 1.54) is 135 Å². The summed E-state index contributed by atoms with van der Waals surface area (Å²) < 4.78 is 0. The first-order valence-electron chi connectivity index (χ1n) is 11.9. The monoisotopic (exact) mass is 373 g/mol. The van der Waals surface area contributed by atoms with Crippen LogP contribution in [0.1, 0.15) is 135 Å². The molecule has 0 atom stereocenters. The third kappa shape index (κ3) is 26.1. The Kier molecular flexibility index (Phi) is 26.9. The fraction of sp³-hybridized carbons (Fsp3) is 1.00. The summed E-state index contributed by atoms with van der Waals surface area (Å²) in [6.45, 7) is 3.55. The molecule has 1 aliphatic rings. The molecule has 1 nitrogen and oxygen atoms in total. The summed E-state index contributed by atoms with van der Waals surface area (Å²) >= 11 is 0. The molecule has 0 amide bonds. The zero-order valence-corrected chi connectivity index (χ0v) is 18.7. The van der Waals surface area contributed by atoms with E-state index < -0.39 is 0 Å². The van der Waals surface area contributed by atoms with E-state index in [2.05, 4.69) is 25.9 Å². The van der Waals surface area contributed by atoms with Crippen molar-refractivity contribution in [1.29, 1.82) is 0 Å². The van der Waals surface area contributed by atoms with E-state index in [-0.39, 0.29) is 4.70 Å². The number of unbranched alkanes of at least 4 members (excludes halogenated alkanes) is 13. The molecule has 0 unspecified atom stereocenters. The van der Waals surface area contributed by atoms with Gasteiger partial charge in [-0.3, -0.25) is 4.70 Å². The Balaban J connectivity index is 0. The highest BCUT2D eigenvalue weighted by Crippen LogP contribution is 2.15. The van der Waals surface area contributed by atoms with Crippen LogP contribution in [-0.2, 0) is 0 Å². The van der Waals surface area contributed by atoms with Crippen molar-refractivity contribution in [2.45, 2.75) is 135 Å². The zero-order valence-electron chi connectivity index (χ0n) is 18.7. The molecular weight excluding hydrogens is 321 g/mol. The van der Waals surface area contributed by atoms with Crippen molar-refractivity contribution in [2.75, 3.05) is 20.6 Å². The van der Waals surface area contributed by atoms with Crippen molar-refractivity contribution in [3.05, 3.63) is 0 Å². The molecule has 26 heavy (non-hydrogen) atoms. The van der Waals surface area contributed by atoms with Crippen molar-refractivity contribution in [3.63, 3.8) is 0 Å². The molecule has 1 saturated carbocycles. The predicted octanol–water partition coefficient (Wildman–Crippen LogP) is 8.52. The second-order valence-corrected chi connectivity index (χ2v) is 8.52. The van der Waals surface area contributed by atoms with Crippen molar-refractivity contribution in [2.24, 2.45) is 0 Å². The minimum atomic E-state index is 0. The minimum Gasteiger partial charge on any atom is -0.309 e. The number of nitrogens with zero attached hydrogens (tertiary/aromatic N) is 1. The molecule has 0 aromatic carbocycles. The summed E-state index contributed by atoms with van der Waals surface area (Å²) in [7, 11) is 4.34. The topological polar surface area (TPSA) is 3.24 Å². The highest BCUT2D eigenvalue weighted by atomic mass is 19.0. The van der Waals surface area contributed by atoms with Crippen LogP contribution in [0.3, 0.4) is 0 Å². The summed E-state index contributed by atoms with van der Waals surface area (Å²) in [6, 6.07) is 0. The van der Waals surface area contributed by atoms with E-state index in [9.17, 15) is 0 Å². The third-order valence-electron chi connectivity index (χ3n) is 5.46. The Morgan fingerprint density at radius 1 is 0.462 bits per heavy atom. The normalized spacial score (nSPS) is 13.8. The molecule has 0 spiro atoms. The summed E-state index contributed by atoms with van der Waals surface area (Å²) in [6.07, 6.45) is 29.3. The van der Waals surface area contributed by atoms with Crippen LogP contribution in [-0.4, -0.2) is 25.5 Å². The lowest BCUT2D eigenvalue weighted by molar-refractivity contribution is 0.389. The average molecular weight is 374 g/mol. The van der Waals surface area contributed by atoms with Gasteiger partial charge in [0.2, 0.25) is 0 Å². The van der Waals surface area contributed by atoms with Crippen LogP contribution in [0.2, 0.25) is 0 Å². The van der Waals surface area contributed by atoms with Gasteiger partial charge in [0, 0.05) is 0 Å². The lowest BCUT2D eigenvalue weighted by atomic mass is 10.0. The molecular formula is C24H52FN. The Bertz CT molecular complexity index is 215. The van der Waals surface area contributed by atoms with E-state index in [1.54, 1.807) is 0 Å². The van der Waals surface area contributed by atoms with Gasteiger partial charge in [-0.1, -0.05) is 129 Å². The van der Waals surface area contributed by atoms with Crippen LogP contribution in [0.5, 0.6) is 0 Å². The number of rotatable bonds is 15. The molecule has 2 heteroatoms. The first-order valence-corrected chi connectivity index (χ1v) is 11.9. The van der Waals surface area contributed by atoms with Crippen LogP contribution in [0.15, 0.2) is 0 Å². The minimum absolute atomic E-state index is 0. The fourth-order valence-corrected chi connectivity index (χ4v) is 3.68. The second-order valence-electron chi connectivity index (χ2n) is 8.52. The van der Waals surface area contributed by atoms with Crippen LogP contribution in [0.25, 0.3) is 0 Å². The molecule has 0 heterocycles. The molecule has 0 bridgehead atoms. The van der Waals surface area contributed by atoms with E-state index in [0.29, 0.717) is 0 Å². The summed E-state index contributed by atoms with van der Waals surface area (Å²) in [5, 5.41) is 0. The molecule has 0 radical (unpaired) electrons. The maximum Gasteiger partial charge on any atom is -0.00248 e. The zero-order chi connectivity index (χ0) is 18.4. The van der Waals surface area contributed by atoms with Crippen LogP contribution in [0.4, 0.5) is 4.70 Å². The van der Waals surface area contributed by atoms with Crippen LogP contribution >= 0.6 is 0 Å².